The van der Waals surface area contributed by atoms with Gasteiger partial charge in [-0.3, -0.25) is 19.1 Å². The zero-order valence-electron chi connectivity index (χ0n) is 83.1. The van der Waals surface area contributed by atoms with Crippen LogP contribution in [0.2, 0.25) is 58.4 Å². The molecule has 0 saturated heterocycles. The summed E-state index contributed by atoms with van der Waals surface area (Å²) in [5.74, 6) is -1.10. The molecule has 1 fully saturated rings. The zero-order valence-corrected chi connectivity index (χ0v) is 89.8. The number of aromatic nitrogens is 3. The van der Waals surface area contributed by atoms with Gasteiger partial charge in [0.2, 0.25) is 5.91 Å². The molecule has 3 heterocycles. The van der Waals surface area contributed by atoms with Gasteiger partial charge in [0.25, 0.3) is 5.91 Å². The average molecular weight is 2150 g/mol. The summed E-state index contributed by atoms with van der Waals surface area (Å²) in [6.45, 7) is 32.4. The third kappa shape index (κ3) is 48.5. The van der Waals surface area contributed by atoms with Crippen molar-refractivity contribution in [1.29, 1.82) is 0 Å². The van der Waals surface area contributed by atoms with Crippen molar-refractivity contribution in [2.24, 2.45) is 0 Å². The Bertz CT molecular complexity index is 4810. The van der Waals surface area contributed by atoms with Crippen LogP contribution in [0.25, 0.3) is 5.69 Å². The first kappa shape index (κ1) is 121. The van der Waals surface area contributed by atoms with Crippen LogP contribution in [0.4, 0.5) is 20.2 Å². The first-order valence-electron chi connectivity index (χ1n) is 48.5. The van der Waals surface area contributed by atoms with Gasteiger partial charge in [0.15, 0.2) is 31.6 Å². The minimum absolute atomic E-state index is 0.0222. The van der Waals surface area contributed by atoms with Gasteiger partial charge in [-0.25, -0.2) is 22.2 Å². The zero-order chi connectivity index (χ0) is 102. The van der Waals surface area contributed by atoms with Crippen molar-refractivity contribution in [3.05, 3.63) is 181 Å². The maximum Gasteiger partial charge on any atom is 0.263 e. The van der Waals surface area contributed by atoms with Crippen LogP contribution in [-0.4, -0.2) is 343 Å². The third-order valence-electron chi connectivity index (χ3n) is 21.9. The lowest BCUT2D eigenvalue weighted by Gasteiger charge is -2.38. The number of thioether (sulfide) groups is 1. The second-order valence-electron chi connectivity index (χ2n) is 34.8. The van der Waals surface area contributed by atoms with Crippen LogP contribution in [0.1, 0.15) is 84.3 Å². The predicted molar refractivity (Wildman–Crippen MR) is 549 cm³/mol. The molecule has 7 aromatic rings. The standard InChI is InChI=1S/C55H82Cl2F2N2O15S2Si.C45H64Cl2N4O11Si/c1-44-39-45(7-12-50(44)56)55(2,3)53-42-60-54(61(53)47-10-8-46(58)9-11-47)77-43-49-51(57)40-48(41-52(49)59)78(62,63)37-6-13-65-14-15-66-16-17-67-18-19-68-20-21-69-22-23-70-24-25-71-26-27-72-28-29-73-30-31-74-32-33-75-34-35-76-36-38-79(4,5)64;1-63(2,54)31-5-17-55-19-21-57-23-25-59-27-29-61-30-28-60-26-24-58-22-20-56-18-14-49-44(52)11-8-35-32-39(47)43(33-38(35)46)62-42-12-13-48-34-37(42)45(53)51-16-15-50(36-9-10-36)40-6-3-4-7-41(40)51/h7-12,39-42,64H,6,13-38,43H2,1-5H3;3-4,6-7,12-13,32-34,36,54H,5,8-11,14-31H2,1-2H3,(H,49,52). The van der Waals surface area contributed by atoms with Crippen LogP contribution in [0.15, 0.2) is 126 Å². The summed E-state index contributed by atoms with van der Waals surface area (Å²) >= 11 is 27.4. The fourth-order valence-electron chi connectivity index (χ4n) is 14.0. The number of amides is 2. The number of rotatable bonds is 79. The van der Waals surface area contributed by atoms with E-state index in [2.05, 4.69) is 35.1 Å². The Labute approximate surface area is 862 Å². The number of sulfone groups is 1. The maximum atomic E-state index is 15.7. The van der Waals surface area contributed by atoms with Crippen LogP contribution in [0.5, 0.6) is 11.5 Å². The Hall–Kier alpha value is -6.09. The van der Waals surface area contributed by atoms with Crippen molar-refractivity contribution >= 4 is 108 Å². The molecule has 1 aliphatic heterocycles. The number of carbonyl (C=O) groups is 2. The molecule has 3 N–H and O–H groups in total. The Morgan fingerprint density at radius 1 is 0.500 bits per heavy atom. The van der Waals surface area contributed by atoms with E-state index in [1.54, 1.807) is 47.6 Å². The van der Waals surface area contributed by atoms with E-state index in [9.17, 15) is 32.0 Å². The normalized spacial score (nSPS) is 13.0. The molecule has 1 saturated carbocycles. The molecule has 0 spiro atoms. The summed E-state index contributed by atoms with van der Waals surface area (Å²) in [7, 11) is -7.88. The highest BCUT2D eigenvalue weighted by Crippen LogP contribution is 2.44. The fourth-order valence-corrected chi connectivity index (χ4v) is 19.0. The summed E-state index contributed by atoms with van der Waals surface area (Å²) in [6.07, 6.45) is 8.81. The third-order valence-corrected chi connectivity index (χ3v) is 29.1. The molecule has 5 aromatic carbocycles. The highest BCUT2D eigenvalue weighted by Gasteiger charge is 2.37. The van der Waals surface area contributed by atoms with E-state index >= 15 is 4.39 Å². The minimum atomic E-state index is -3.87. The molecule has 32 nitrogen and oxygen atoms in total. The number of nitrogens with zero attached hydrogens (tertiary/aromatic N) is 5. The lowest BCUT2D eigenvalue weighted by molar-refractivity contribution is -0.121. The molecular weight excluding hydrogens is 2000 g/mol. The summed E-state index contributed by atoms with van der Waals surface area (Å²) in [6, 6.07) is 29.2. The summed E-state index contributed by atoms with van der Waals surface area (Å²) in [5.41, 5.74) is 5.89. The number of anilines is 2. The monoisotopic (exact) mass is 2140 g/mol. The molecule has 42 heteroatoms. The van der Waals surface area contributed by atoms with Crippen LogP contribution in [-0.2, 0) is 122 Å². The molecule has 1 aliphatic carbocycles. The first-order valence-corrected chi connectivity index (χ1v) is 59.0. The Balaban J connectivity index is 0.000000356. The van der Waals surface area contributed by atoms with Crippen LogP contribution in [0, 0.1) is 18.6 Å². The SMILES string of the molecule is C[Si](C)(O)CCCOCCOCCOCCOCCOCCOCCOCCNC(=O)CCc1cc(Cl)c(Oc2ccncc2C(=O)N2CCN(C3CC3)c3ccccc32)cc1Cl.Cc1cc(C(C)(C)c2cnc(SCc3c(F)cc(S(=O)(=O)CCCOCCOCCOCCOCCOCCOCCOCCOCCOCCOCCOCCOCC[Si](C)(C)O)cc3Cl)n2-c2ccc(F)cc2)ccc1Cl. The lowest BCUT2D eigenvalue weighted by atomic mass is 9.81. The van der Waals surface area contributed by atoms with E-state index in [-0.39, 0.29) is 70.7 Å². The number of benzene rings is 5. The predicted octanol–water partition coefficient (Wildman–Crippen LogP) is 15.5. The van der Waals surface area contributed by atoms with Crippen LogP contribution < -0.4 is 19.9 Å². The number of aryl methyl sites for hydroxylation is 2. The van der Waals surface area contributed by atoms with Crippen molar-refractivity contribution in [3.8, 4) is 17.2 Å². The van der Waals surface area contributed by atoms with Crippen molar-refractivity contribution in [3.63, 3.8) is 0 Å². The van der Waals surface area contributed by atoms with E-state index in [1.165, 1.54) is 49.0 Å². The average Bonchev–Trinajstić information content (AvgIpc) is 1.46. The number of hydrogen-bond donors (Lipinski definition) is 3. The van der Waals surface area contributed by atoms with Gasteiger partial charge in [0.1, 0.15) is 28.7 Å². The van der Waals surface area contributed by atoms with Gasteiger partial charge in [-0.2, -0.15) is 0 Å². The van der Waals surface area contributed by atoms with Gasteiger partial charge < -0.3 is 119 Å². The number of nitrogens with one attached hydrogen (secondary N) is 1. The lowest BCUT2D eigenvalue weighted by Crippen LogP contribution is -2.45. The van der Waals surface area contributed by atoms with Gasteiger partial charge in [-0.05, 0) is 161 Å². The van der Waals surface area contributed by atoms with E-state index < -0.39 is 37.7 Å². The first-order chi connectivity index (χ1) is 68.6. The maximum absolute atomic E-state index is 15.7. The number of pyridine rings is 1. The van der Waals surface area contributed by atoms with Gasteiger partial charge in [0.05, 0.1) is 270 Å². The Morgan fingerprint density at radius 2 is 0.958 bits per heavy atom. The quantitative estimate of drug-likeness (QED) is 0.0181. The topological polar surface area (TPSA) is 343 Å². The Morgan fingerprint density at radius 3 is 1.42 bits per heavy atom. The van der Waals surface area contributed by atoms with Gasteiger partial charge in [-0.1, -0.05) is 96.3 Å². The second kappa shape index (κ2) is 69.3. The molecule has 9 rings (SSSR count). The van der Waals surface area contributed by atoms with Crippen molar-refractivity contribution < 1.29 is 131 Å². The summed E-state index contributed by atoms with van der Waals surface area (Å²) in [4.78, 5) is 59.0. The number of hydrogen-bond acceptors (Lipinski definition) is 30. The summed E-state index contributed by atoms with van der Waals surface area (Å²) in [5, 5.41) is 4.69. The number of halogens is 6. The molecule has 2 aromatic heterocycles. The van der Waals surface area contributed by atoms with Gasteiger partial charge in [-0.15, -0.1) is 0 Å². The highest BCUT2D eigenvalue weighted by molar-refractivity contribution is 7.98. The van der Waals surface area contributed by atoms with Gasteiger partial charge in [0, 0.05) is 108 Å². The molecule has 2 aliphatic rings. The van der Waals surface area contributed by atoms with Crippen LogP contribution >= 0.6 is 58.2 Å². The molecule has 0 unspecified atom stereocenters. The molecule has 794 valence electrons. The largest absolute Gasteiger partial charge is 0.455 e. The molecule has 2 amide bonds. The number of ether oxygens (including phenoxy) is 20. The van der Waals surface area contributed by atoms with Gasteiger partial charge >= 0.3 is 0 Å². The Kier molecular flexibility index (Phi) is 59.1. The van der Waals surface area contributed by atoms with Crippen molar-refractivity contribution in [1.82, 2.24) is 19.9 Å². The fraction of sp³-hybridized carbons (Fsp3) is 0.600. The second-order valence-corrected chi connectivity index (χ2v) is 47.8. The molecule has 0 atom stereocenters. The van der Waals surface area contributed by atoms with Crippen molar-refractivity contribution in [2.75, 3.05) is 286 Å². The number of carbonyl (C=O) groups excluding carboxylic acids is 2. The highest BCUT2D eigenvalue weighted by atomic mass is 35.5. The number of imidazole rings is 1. The number of fused-ring (bicyclic) bond motifs is 1. The van der Waals surface area contributed by atoms with E-state index in [1.807, 2.05) is 74.1 Å². The molecule has 0 bridgehead atoms. The minimum Gasteiger partial charge on any atom is -0.455 e. The molecule has 142 heavy (non-hydrogen) atoms. The van der Waals surface area contributed by atoms with Crippen molar-refractivity contribution in [2.45, 2.75) is 125 Å². The van der Waals surface area contributed by atoms with Crippen LogP contribution in [0.3, 0.4) is 0 Å². The molecule has 0 radical (unpaired) electrons. The van der Waals surface area contributed by atoms with E-state index in [4.69, 9.17) is 146 Å². The van der Waals surface area contributed by atoms with E-state index in [0.717, 1.165) is 59.3 Å². The van der Waals surface area contributed by atoms with E-state index in [0.29, 0.717) is 312 Å². The smallest absolute Gasteiger partial charge is 0.263 e. The number of para-hydroxylation sites is 2. The summed E-state index contributed by atoms with van der Waals surface area (Å²) < 4.78 is 169. The molecular formula is C100H146Cl4F2N6O26S2Si2.